The van der Waals surface area contributed by atoms with Crippen molar-refractivity contribution in [1.29, 1.82) is 0 Å². The van der Waals surface area contributed by atoms with Crippen molar-refractivity contribution in [2.45, 2.75) is 19.4 Å². The van der Waals surface area contributed by atoms with E-state index in [1.807, 2.05) is 4.90 Å². The van der Waals surface area contributed by atoms with Gasteiger partial charge in [-0.25, -0.2) is 0 Å². The minimum absolute atomic E-state index is 0.00418. The molecule has 0 aliphatic carbocycles. The van der Waals surface area contributed by atoms with Crippen molar-refractivity contribution in [1.82, 2.24) is 14.7 Å². The van der Waals surface area contributed by atoms with Gasteiger partial charge in [-0.3, -0.25) is 9.59 Å². The Labute approximate surface area is 142 Å². The number of hydrogen-bond donors (Lipinski definition) is 1. The molecule has 1 aromatic rings. The number of benzene rings is 1. The highest BCUT2D eigenvalue weighted by atomic mass is 16.3. The van der Waals surface area contributed by atoms with Crippen LogP contribution in [-0.4, -0.2) is 78.3 Å². The van der Waals surface area contributed by atoms with Gasteiger partial charge in [-0.1, -0.05) is 0 Å². The Morgan fingerprint density at radius 3 is 2.62 bits per heavy atom. The predicted octanol–water partition coefficient (Wildman–Crippen LogP) is 0.727. The van der Waals surface area contributed by atoms with E-state index in [1.54, 1.807) is 12.1 Å². The van der Waals surface area contributed by atoms with Gasteiger partial charge in [-0.15, -0.1) is 0 Å². The summed E-state index contributed by atoms with van der Waals surface area (Å²) in [7, 11) is 2.12. The summed E-state index contributed by atoms with van der Waals surface area (Å²) in [5, 5.41) is 9.84. The average Bonchev–Trinajstić information content (AvgIpc) is 2.59. The van der Waals surface area contributed by atoms with E-state index in [0.717, 1.165) is 50.3 Å². The van der Waals surface area contributed by atoms with Gasteiger partial charge in [0.05, 0.1) is 5.56 Å². The Balaban J connectivity index is 1.55. The highest BCUT2D eigenvalue weighted by Gasteiger charge is 2.23. The van der Waals surface area contributed by atoms with E-state index in [1.165, 1.54) is 0 Å². The molecule has 130 valence electrons. The molecule has 1 N–H and O–H groups in total. The summed E-state index contributed by atoms with van der Waals surface area (Å²) >= 11 is 0. The fourth-order valence-corrected chi connectivity index (χ4v) is 3.41. The Kier molecular flexibility index (Phi) is 5.16. The number of aldehydes is 1. The first-order valence-electron chi connectivity index (χ1n) is 8.55. The molecule has 1 fully saturated rings. The van der Waals surface area contributed by atoms with Crippen molar-refractivity contribution in [2.75, 3.05) is 46.3 Å². The number of carbonyl (C=O) groups excluding carboxylic acids is 2. The summed E-state index contributed by atoms with van der Waals surface area (Å²) in [5.41, 5.74) is 2.32. The van der Waals surface area contributed by atoms with Crippen LogP contribution in [0.2, 0.25) is 0 Å². The Morgan fingerprint density at radius 2 is 1.92 bits per heavy atom. The van der Waals surface area contributed by atoms with Gasteiger partial charge in [-0.2, -0.15) is 0 Å². The maximum atomic E-state index is 12.5. The molecule has 6 heteroatoms. The summed E-state index contributed by atoms with van der Waals surface area (Å²) in [6.45, 7) is 6.17. The van der Waals surface area contributed by atoms with E-state index in [9.17, 15) is 14.7 Å². The van der Waals surface area contributed by atoms with Crippen molar-refractivity contribution in [3.05, 3.63) is 28.8 Å². The van der Waals surface area contributed by atoms with Crippen molar-refractivity contribution in [3.63, 3.8) is 0 Å². The number of piperazine rings is 1. The lowest BCUT2D eigenvalue weighted by molar-refractivity contribution is -0.132. The third-order valence-corrected chi connectivity index (χ3v) is 5.08. The third-order valence-electron chi connectivity index (χ3n) is 5.08. The van der Waals surface area contributed by atoms with E-state index in [-0.39, 0.29) is 11.7 Å². The lowest BCUT2D eigenvalue weighted by Crippen LogP contribution is -2.46. The van der Waals surface area contributed by atoms with E-state index >= 15 is 0 Å². The lowest BCUT2D eigenvalue weighted by atomic mass is 9.96. The van der Waals surface area contributed by atoms with E-state index in [0.29, 0.717) is 31.4 Å². The molecule has 24 heavy (non-hydrogen) atoms. The zero-order valence-electron chi connectivity index (χ0n) is 14.2. The van der Waals surface area contributed by atoms with E-state index in [4.69, 9.17) is 0 Å². The molecule has 1 aromatic carbocycles. The number of nitrogens with zero attached hydrogens (tertiary/aromatic N) is 3. The second-order valence-electron chi connectivity index (χ2n) is 6.76. The molecule has 0 radical (unpaired) electrons. The summed E-state index contributed by atoms with van der Waals surface area (Å²) in [4.78, 5) is 29.9. The first kappa shape index (κ1) is 16.9. The maximum Gasteiger partial charge on any atom is 0.224 e. The monoisotopic (exact) mass is 331 g/mol. The number of aromatic hydroxyl groups is 1. The van der Waals surface area contributed by atoms with Crippen LogP contribution in [0.15, 0.2) is 12.1 Å². The van der Waals surface area contributed by atoms with Crippen molar-refractivity contribution >= 4 is 12.2 Å². The SMILES string of the molecule is CN1CCN(CCC(=O)N2CCc3cc(C=O)c(O)cc3C2)CC1. The van der Waals surface area contributed by atoms with Gasteiger partial charge in [0.15, 0.2) is 6.29 Å². The number of carbonyl (C=O) groups is 2. The van der Waals surface area contributed by atoms with Crippen molar-refractivity contribution < 1.29 is 14.7 Å². The van der Waals surface area contributed by atoms with Crippen LogP contribution in [0.1, 0.15) is 27.9 Å². The largest absolute Gasteiger partial charge is 0.507 e. The minimum Gasteiger partial charge on any atom is -0.507 e. The molecule has 0 spiro atoms. The zero-order chi connectivity index (χ0) is 17.1. The first-order chi connectivity index (χ1) is 11.6. The van der Waals surface area contributed by atoms with Gasteiger partial charge in [0, 0.05) is 52.2 Å². The third kappa shape index (κ3) is 3.76. The average molecular weight is 331 g/mol. The number of likely N-dealkylation sites (N-methyl/N-ethyl adjacent to an activating group) is 1. The molecule has 6 nitrogen and oxygen atoms in total. The molecule has 0 unspecified atom stereocenters. The van der Waals surface area contributed by atoms with Gasteiger partial charge in [0.2, 0.25) is 5.91 Å². The molecule has 0 saturated carbocycles. The maximum absolute atomic E-state index is 12.5. The van der Waals surface area contributed by atoms with E-state index < -0.39 is 0 Å². The highest BCUT2D eigenvalue weighted by molar-refractivity contribution is 5.80. The fraction of sp³-hybridized carbons (Fsp3) is 0.556. The quantitative estimate of drug-likeness (QED) is 0.824. The second-order valence-corrected chi connectivity index (χ2v) is 6.76. The number of amides is 1. The van der Waals surface area contributed by atoms with E-state index in [2.05, 4.69) is 16.8 Å². The van der Waals surface area contributed by atoms with Gasteiger partial charge in [-0.05, 0) is 36.7 Å². The molecule has 0 bridgehead atoms. The molecular weight excluding hydrogens is 306 g/mol. The Bertz CT molecular complexity index is 624. The normalized spacial score (nSPS) is 19.1. The van der Waals surface area contributed by atoms with Crippen LogP contribution in [0, 0.1) is 0 Å². The molecule has 2 heterocycles. The van der Waals surface area contributed by atoms with Gasteiger partial charge in [0.1, 0.15) is 5.75 Å². The van der Waals surface area contributed by atoms with Crippen LogP contribution in [0.5, 0.6) is 5.75 Å². The predicted molar refractivity (Wildman–Crippen MR) is 91.2 cm³/mol. The number of phenolic OH excluding ortho intramolecular Hbond substituents is 1. The second kappa shape index (κ2) is 7.32. The molecule has 2 aliphatic heterocycles. The Hall–Kier alpha value is -1.92. The van der Waals surface area contributed by atoms with Crippen molar-refractivity contribution in [3.8, 4) is 5.75 Å². The summed E-state index contributed by atoms with van der Waals surface area (Å²) in [6, 6.07) is 3.36. The molecule has 1 saturated heterocycles. The standard InChI is InChI=1S/C18H25N3O3/c1-19-6-8-20(9-7-19)4-3-18(24)21-5-2-14-10-16(13-22)17(23)11-15(14)12-21/h10-11,13,23H,2-9,12H2,1H3. The molecule has 1 amide bonds. The van der Waals surface area contributed by atoms with Crippen LogP contribution in [-0.2, 0) is 17.8 Å². The van der Waals surface area contributed by atoms with Gasteiger partial charge < -0.3 is 19.8 Å². The zero-order valence-corrected chi connectivity index (χ0v) is 14.2. The summed E-state index contributed by atoms with van der Waals surface area (Å²) in [6.07, 6.45) is 1.94. The summed E-state index contributed by atoms with van der Waals surface area (Å²) in [5.74, 6) is 0.161. The minimum atomic E-state index is -0.00418. The molecule has 2 aliphatic rings. The van der Waals surface area contributed by atoms with Crippen molar-refractivity contribution in [2.24, 2.45) is 0 Å². The van der Waals surface area contributed by atoms with Crippen LogP contribution in [0.25, 0.3) is 0 Å². The lowest BCUT2D eigenvalue weighted by Gasteiger charge is -2.33. The number of phenols is 1. The number of rotatable bonds is 4. The number of hydrogen-bond acceptors (Lipinski definition) is 5. The first-order valence-corrected chi connectivity index (χ1v) is 8.55. The Morgan fingerprint density at radius 1 is 1.17 bits per heavy atom. The molecule has 0 aromatic heterocycles. The molecule has 3 rings (SSSR count). The number of fused-ring (bicyclic) bond motifs is 1. The fourth-order valence-electron chi connectivity index (χ4n) is 3.41. The highest BCUT2D eigenvalue weighted by Crippen LogP contribution is 2.26. The summed E-state index contributed by atoms with van der Waals surface area (Å²) < 4.78 is 0. The van der Waals surface area contributed by atoms with Crippen LogP contribution >= 0.6 is 0 Å². The smallest absolute Gasteiger partial charge is 0.224 e. The van der Waals surface area contributed by atoms with Gasteiger partial charge in [0.25, 0.3) is 0 Å². The van der Waals surface area contributed by atoms with Crippen LogP contribution in [0.4, 0.5) is 0 Å². The molecule has 0 atom stereocenters. The van der Waals surface area contributed by atoms with Crippen LogP contribution < -0.4 is 0 Å². The van der Waals surface area contributed by atoms with Crippen LogP contribution in [0.3, 0.4) is 0 Å². The van der Waals surface area contributed by atoms with Gasteiger partial charge >= 0.3 is 0 Å². The molecular formula is C18H25N3O3. The topological polar surface area (TPSA) is 64.1 Å².